The van der Waals surface area contributed by atoms with Gasteiger partial charge in [-0.2, -0.15) is 0 Å². The van der Waals surface area contributed by atoms with E-state index in [1.807, 2.05) is 18.2 Å². The summed E-state index contributed by atoms with van der Waals surface area (Å²) in [6, 6.07) is 14.2. The number of nitro benzene ring substituents is 1. The third kappa shape index (κ3) is 5.68. The number of amides is 1. The summed E-state index contributed by atoms with van der Waals surface area (Å²) in [4.78, 5) is 26.7. The lowest BCUT2D eigenvalue weighted by Gasteiger charge is -2.06. The van der Waals surface area contributed by atoms with E-state index in [-0.39, 0.29) is 34.8 Å². The molecule has 0 spiro atoms. The molecule has 10 nitrogen and oxygen atoms in total. The number of carbonyl (C=O) groups excluding carboxylic acids is 1. The molecule has 4 aromatic rings. The number of ether oxygens (including phenoxy) is 1. The normalized spacial score (nSPS) is 10.7. The molecule has 0 saturated carbocycles. The van der Waals surface area contributed by atoms with Crippen LogP contribution in [-0.4, -0.2) is 25.6 Å². The number of anilines is 1. The monoisotopic (exact) mass is 487 g/mol. The molecule has 12 heteroatoms. The molecule has 2 aromatic heterocycles. The zero-order valence-corrected chi connectivity index (χ0v) is 18.3. The molecule has 1 N–H and O–H groups in total. The van der Waals surface area contributed by atoms with Gasteiger partial charge in [0.1, 0.15) is 24.4 Å². The minimum Gasteiger partial charge on any atom is -0.484 e. The molecule has 0 aliphatic rings. The molecule has 4 rings (SSSR count). The van der Waals surface area contributed by atoms with Gasteiger partial charge in [-0.15, -0.1) is 5.10 Å². The van der Waals surface area contributed by atoms with Crippen LogP contribution in [-0.2, 0) is 13.2 Å². The number of non-ortho nitro benzene ring substituents is 1. The van der Waals surface area contributed by atoms with Gasteiger partial charge in [-0.05, 0) is 35.9 Å². The summed E-state index contributed by atoms with van der Waals surface area (Å²) in [5, 5.41) is 18.3. The second kappa shape index (κ2) is 9.72. The summed E-state index contributed by atoms with van der Waals surface area (Å²) in [6.45, 7) is 0.411. The minimum atomic E-state index is -0.553. The van der Waals surface area contributed by atoms with E-state index in [9.17, 15) is 14.9 Å². The summed E-state index contributed by atoms with van der Waals surface area (Å²) in [5.41, 5.74) is 0.794. The molecule has 0 atom stereocenters. The molecular weight excluding hydrogens is 473 g/mol. The largest absolute Gasteiger partial charge is 0.484 e. The molecule has 0 aliphatic heterocycles. The maximum Gasteiger partial charge on any atom is 0.293 e. The Morgan fingerprint density at radius 1 is 1.18 bits per heavy atom. The predicted molar refractivity (Wildman–Crippen MR) is 120 cm³/mol. The van der Waals surface area contributed by atoms with Crippen molar-refractivity contribution in [2.24, 2.45) is 0 Å². The summed E-state index contributed by atoms with van der Waals surface area (Å²) in [6.07, 6.45) is 1.49. The number of carbonyl (C=O) groups is 1. The summed E-state index contributed by atoms with van der Waals surface area (Å²) in [7, 11) is 0. The zero-order valence-electron chi connectivity index (χ0n) is 16.8. The SMILES string of the molecule is O=C(Nc1ncn(Cc2cccc(Cl)c2)n1)c1ccc(COc2ccc([N+](=O)[O-])cc2Cl)o1. The second-order valence-corrected chi connectivity index (χ2v) is 7.62. The molecule has 0 fully saturated rings. The van der Waals surface area contributed by atoms with E-state index in [0.717, 1.165) is 5.56 Å². The number of nitrogens with zero attached hydrogens (tertiary/aromatic N) is 4. The fraction of sp³-hybridized carbons (Fsp3) is 0.0952. The molecule has 2 heterocycles. The first-order chi connectivity index (χ1) is 15.9. The van der Waals surface area contributed by atoms with Crippen molar-refractivity contribution in [1.29, 1.82) is 0 Å². The highest BCUT2D eigenvalue weighted by Crippen LogP contribution is 2.29. The first-order valence-electron chi connectivity index (χ1n) is 9.48. The van der Waals surface area contributed by atoms with Gasteiger partial charge in [0.15, 0.2) is 5.76 Å². The van der Waals surface area contributed by atoms with Crippen LogP contribution in [0.4, 0.5) is 11.6 Å². The maximum atomic E-state index is 12.4. The van der Waals surface area contributed by atoms with Crippen LogP contribution < -0.4 is 10.1 Å². The Balaban J connectivity index is 1.34. The van der Waals surface area contributed by atoms with Gasteiger partial charge in [-0.1, -0.05) is 35.3 Å². The number of furan rings is 1. The summed E-state index contributed by atoms with van der Waals surface area (Å²) in [5.74, 6) is 0.228. The molecule has 0 radical (unpaired) electrons. The van der Waals surface area contributed by atoms with Crippen LogP contribution >= 0.6 is 23.2 Å². The van der Waals surface area contributed by atoms with Crippen molar-refractivity contribution >= 4 is 40.7 Å². The van der Waals surface area contributed by atoms with Crippen molar-refractivity contribution in [3.05, 3.63) is 98.2 Å². The molecule has 33 heavy (non-hydrogen) atoms. The van der Waals surface area contributed by atoms with Gasteiger partial charge in [0.2, 0.25) is 5.95 Å². The second-order valence-electron chi connectivity index (χ2n) is 6.78. The van der Waals surface area contributed by atoms with Gasteiger partial charge in [-0.25, -0.2) is 9.67 Å². The van der Waals surface area contributed by atoms with Crippen LogP contribution in [0.15, 0.2) is 65.3 Å². The van der Waals surface area contributed by atoms with E-state index < -0.39 is 10.8 Å². The molecular formula is C21H15Cl2N5O5. The van der Waals surface area contributed by atoms with Gasteiger partial charge in [0.25, 0.3) is 11.6 Å². The third-order valence-electron chi connectivity index (χ3n) is 4.38. The van der Waals surface area contributed by atoms with E-state index in [1.165, 1.54) is 30.6 Å². The van der Waals surface area contributed by atoms with Crippen molar-refractivity contribution in [3.63, 3.8) is 0 Å². The van der Waals surface area contributed by atoms with Crippen molar-refractivity contribution in [2.75, 3.05) is 5.32 Å². The topological polar surface area (TPSA) is 125 Å². The van der Waals surface area contributed by atoms with Gasteiger partial charge >= 0.3 is 0 Å². The molecule has 0 unspecified atom stereocenters. The number of aromatic nitrogens is 3. The number of rotatable bonds is 8. The van der Waals surface area contributed by atoms with Crippen molar-refractivity contribution in [2.45, 2.75) is 13.2 Å². The Bertz CT molecular complexity index is 1320. The lowest BCUT2D eigenvalue weighted by molar-refractivity contribution is -0.384. The summed E-state index contributed by atoms with van der Waals surface area (Å²) < 4.78 is 12.6. The number of benzene rings is 2. The van der Waals surface area contributed by atoms with Crippen molar-refractivity contribution < 1.29 is 18.9 Å². The van der Waals surface area contributed by atoms with E-state index in [2.05, 4.69) is 15.4 Å². The van der Waals surface area contributed by atoms with Gasteiger partial charge < -0.3 is 9.15 Å². The lowest BCUT2D eigenvalue weighted by Crippen LogP contribution is -2.12. The van der Waals surface area contributed by atoms with E-state index in [0.29, 0.717) is 17.3 Å². The number of halogens is 2. The van der Waals surface area contributed by atoms with Crippen LogP contribution in [0.3, 0.4) is 0 Å². The zero-order chi connectivity index (χ0) is 23.4. The first-order valence-corrected chi connectivity index (χ1v) is 10.2. The molecule has 0 saturated heterocycles. The van der Waals surface area contributed by atoms with E-state index >= 15 is 0 Å². The quantitative estimate of drug-likeness (QED) is 0.274. The molecule has 2 aromatic carbocycles. The highest BCUT2D eigenvalue weighted by Gasteiger charge is 2.15. The number of hydrogen-bond acceptors (Lipinski definition) is 7. The fourth-order valence-electron chi connectivity index (χ4n) is 2.86. The standard InChI is InChI=1S/C21H15Cl2N5O5/c22-14-3-1-2-13(8-14)10-27-12-24-21(26-27)25-20(29)19-7-5-16(33-19)11-32-18-6-4-15(28(30)31)9-17(18)23/h1-9,12H,10-11H2,(H,25,26,29). The Hall–Kier alpha value is -3.89. The lowest BCUT2D eigenvalue weighted by atomic mass is 10.2. The average Bonchev–Trinajstić information content (AvgIpc) is 3.42. The fourth-order valence-corrected chi connectivity index (χ4v) is 3.30. The number of nitrogens with one attached hydrogen (secondary N) is 1. The molecule has 168 valence electrons. The summed E-state index contributed by atoms with van der Waals surface area (Å²) >= 11 is 12.0. The van der Waals surface area contributed by atoms with Crippen molar-refractivity contribution in [1.82, 2.24) is 14.8 Å². The smallest absolute Gasteiger partial charge is 0.293 e. The van der Waals surface area contributed by atoms with Crippen LogP contribution in [0.1, 0.15) is 21.9 Å². The highest BCUT2D eigenvalue weighted by atomic mass is 35.5. The minimum absolute atomic E-state index is 0.0304. The van der Waals surface area contributed by atoms with Crippen LogP contribution in [0.2, 0.25) is 10.0 Å². The number of hydrogen-bond donors (Lipinski definition) is 1. The van der Waals surface area contributed by atoms with Gasteiger partial charge in [0.05, 0.1) is 16.5 Å². The van der Waals surface area contributed by atoms with Gasteiger partial charge in [-0.3, -0.25) is 20.2 Å². The van der Waals surface area contributed by atoms with E-state index in [4.69, 9.17) is 32.4 Å². The van der Waals surface area contributed by atoms with Crippen LogP contribution in [0, 0.1) is 10.1 Å². The molecule has 1 amide bonds. The van der Waals surface area contributed by atoms with Crippen molar-refractivity contribution in [3.8, 4) is 5.75 Å². The molecule has 0 bridgehead atoms. The van der Waals surface area contributed by atoms with Gasteiger partial charge in [0, 0.05) is 17.2 Å². The maximum absolute atomic E-state index is 12.4. The predicted octanol–water partition coefficient (Wildman–Crippen LogP) is 4.97. The third-order valence-corrected chi connectivity index (χ3v) is 4.91. The average molecular weight is 488 g/mol. The highest BCUT2D eigenvalue weighted by molar-refractivity contribution is 6.32. The Labute approximate surface area is 196 Å². The Kier molecular flexibility index (Phi) is 6.57. The van der Waals surface area contributed by atoms with E-state index in [1.54, 1.807) is 16.8 Å². The first kappa shape index (κ1) is 22.3. The Morgan fingerprint density at radius 3 is 2.79 bits per heavy atom. The number of nitro groups is 1. The van der Waals surface area contributed by atoms with Crippen LogP contribution in [0.25, 0.3) is 0 Å². The molecule has 0 aliphatic carbocycles. The van der Waals surface area contributed by atoms with Crippen LogP contribution in [0.5, 0.6) is 5.75 Å². The Morgan fingerprint density at radius 2 is 2.03 bits per heavy atom.